The molecule has 4 nitrogen and oxygen atoms in total. The van der Waals surface area contributed by atoms with Crippen molar-refractivity contribution >= 4 is 0 Å². The van der Waals surface area contributed by atoms with Crippen molar-refractivity contribution in [3.63, 3.8) is 0 Å². The first-order valence-electron chi connectivity index (χ1n) is 5.06. The fourth-order valence-electron chi connectivity index (χ4n) is 1.47. The van der Waals surface area contributed by atoms with Crippen LogP contribution in [0.15, 0.2) is 30.5 Å². The lowest BCUT2D eigenvalue weighted by molar-refractivity contribution is 0.600. The van der Waals surface area contributed by atoms with Gasteiger partial charge in [-0.3, -0.25) is 0 Å². The third-order valence-corrected chi connectivity index (χ3v) is 2.52. The molecule has 16 heavy (non-hydrogen) atoms. The third-order valence-electron chi connectivity index (χ3n) is 2.52. The fourth-order valence-corrected chi connectivity index (χ4v) is 1.47. The molecule has 1 aromatic heterocycles. The summed E-state index contributed by atoms with van der Waals surface area (Å²) in [5, 5.41) is 11.0. The Balaban J connectivity index is 2.40. The normalized spacial score (nSPS) is 12.7. The number of hydrogen-bond donors (Lipinski definition) is 1. The number of nitrogens with zero attached hydrogens (tertiary/aromatic N) is 3. The van der Waals surface area contributed by atoms with Gasteiger partial charge in [0.25, 0.3) is 0 Å². The van der Waals surface area contributed by atoms with E-state index in [1.54, 1.807) is 23.0 Å². The van der Waals surface area contributed by atoms with Crippen LogP contribution in [-0.4, -0.2) is 22.0 Å². The van der Waals surface area contributed by atoms with Crippen molar-refractivity contribution in [1.29, 1.82) is 0 Å². The van der Waals surface area contributed by atoms with E-state index in [-0.39, 0.29) is 11.9 Å². The number of rotatable bonds is 3. The highest BCUT2D eigenvalue weighted by molar-refractivity contribution is 5.32. The molecule has 0 radical (unpaired) electrons. The molecule has 0 bridgehead atoms. The van der Waals surface area contributed by atoms with E-state index in [1.807, 2.05) is 14.0 Å². The van der Waals surface area contributed by atoms with Gasteiger partial charge in [0, 0.05) is 6.04 Å². The first-order valence-corrected chi connectivity index (χ1v) is 5.06. The minimum Gasteiger partial charge on any atom is -0.312 e. The summed E-state index contributed by atoms with van der Waals surface area (Å²) in [4.78, 5) is 0. The van der Waals surface area contributed by atoms with Crippen molar-refractivity contribution in [3.05, 3.63) is 42.0 Å². The SMILES string of the molecule is CNC(C)c1cnnn1-c1ccc(F)cc1. The molecule has 84 valence electrons. The molecule has 1 aromatic carbocycles. The number of halogens is 1. The van der Waals surface area contributed by atoms with Gasteiger partial charge in [0.05, 0.1) is 17.6 Å². The average Bonchev–Trinajstić information content (AvgIpc) is 2.78. The van der Waals surface area contributed by atoms with Crippen LogP contribution in [0.25, 0.3) is 5.69 Å². The molecule has 0 fully saturated rings. The van der Waals surface area contributed by atoms with Gasteiger partial charge in [-0.2, -0.15) is 0 Å². The van der Waals surface area contributed by atoms with Gasteiger partial charge in [0.15, 0.2) is 0 Å². The lowest BCUT2D eigenvalue weighted by atomic mass is 10.2. The summed E-state index contributed by atoms with van der Waals surface area (Å²) in [5.74, 6) is -0.257. The van der Waals surface area contributed by atoms with Crippen molar-refractivity contribution in [3.8, 4) is 5.69 Å². The van der Waals surface area contributed by atoms with E-state index in [1.165, 1.54) is 12.1 Å². The molecule has 2 aromatic rings. The molecule has 5 heteroatoms. The highest BCUT2D eigenvalue weighted by atomic mass is 19.1. The molecule has 0 amide bonds. The monoisotopic (exact) mass is 220 g/mol. The lowest BCUT2D eigenvalue weighted by Crippen LogP contribution is -2.16. The van der Waals surface area contributed by atoms with Crippen LogP contribution in [0.1, 0.15) is 18.7 Å². The highest BCUT2D eigenvalue weighted by Gasteiger charge is 2.11. The largest absolute Gasteiger partial charge is 0.312 e. The zero-order valence-corrected chi connectivity index (χ0v) is 9.18. The maximum Gasteiger partial charge on any atom is 0.123 e. The number of hydrogen-bond acceptors (Lipinski definition) is 3. The Hall–Kier alpha value is -1.75. The number of aromatic nitrogens is 3. The Morgan fingerprint density at radius 2 is 2.00 bits per heavy atom. The number of nitrogens with one attached hydrogen (secondary N) is 1. The average molecular weight is 220 g/mol. The summed E-state index contributed by atoms with van der Waals surface area (Å²) in [5.41, 5.74) is 1.74. The Labute approximate surface area is 93.1 Å². The van der Waals surface area contributed by atoms with Crippen LogP contribution in [0.4, 0.5) is 4.39 Å². The molecule has 1 atom stereocenters. The molecular weight excluding hydrogens is 207 g/mol. The molecule has 0 saturated heterocycles. The van der Waals surface area contributed by atoms with Crippen molar-refractivity contribution in [1.82, 2.24) is 20.3 Å². The zero-order chi connectivity index (χ0) is 11.5. The second-order valence-corrected chi connectivity index (χ2v) is 3.56. The Kier molecular flexibility index (Phi) is 2.96. The van der Waals surface area contributed by atoms with Gasteiger partial charge in [-0.1, -0.05) is 5.21 Å². The van der Waals surface area contributed by atoms with Crippen molar-refractivity contribution in [2.45, 2.75) is 13.0 Å². The maximum absolute atomic E-state index is 12.8. The third kappa shape index (κ3) is 1.94. The van der Waals surface area contributed by atoms with Crippen LogP contribution in [0.3, 0.4) is 0 Å². The summed E-state index contributed by atoms with van der Waals surface area (Å²) in [6.07, 6.45) is 1.70. The van der Waals surface area contributed by atoms with E-state index in [4.69, 9.17) is 0 Å². The molecule has 1 heterocycles. The Morgan fingerprint density at radius 3 is 2.62 bits per heavy atom. The maximum atomic E-state index is 12.8. The van der Waals surface area contributed by atoms with Crippen molar-refractivity contribution in [2.75, 3.05) is 7.05 Å². The Bertz CT molecular complexity index is 463. The van der Waals surface area contributed by atoms with Gasteiger partial charge in [-0.15, -0.1) is 5.10 Å². The Morgan fingerprint density at radius 1 is 1.31 bits per heavy atom. The van der Waals surface area contributed by atoms with Gasteiger partial charge in [0.1, 0.15) is 5.82 Å². The summed E-state index contributed by atoms with van der Waals surface area (Å²) in [6, 6.07) is 6.31. The van der Waals surface area contributed by atoms with Crippen LogP contribution in [0, 0.1) is 5.82 Å². The lowest BCUT2D eigenvalue weighted by Gasteiger charge is -2.11. The van der Waals surface area contributed by atoms with Crippen LogP contribution in [0.2, 0.25) is 0 Å². The quantitative estimate of drug-likeness (QED) is 0.855. The first-order chi connectivity index (χ1) is 7.72. The van der Waals surface area contributed by atoms with Gasteiger partial charge in [0.2, 0.25) is 0 Å². The molecular formula is C11H13FN4. The molecule has 1 N–H and O–H groups in total. The molecule has 1 unspecified atom stereocenters. The summed E-state index contributed by atoms with van der Waals surface area (Å²) in [6.45, 7) is 2.01. The van der Waals surface area contributed by atoms with E-state index >= 15 is 0 Å². The smallest absolute Gasteiger partial charge is 0.123 e. The van der Waals surface area contributed by atoms with Gasteiger partial charge in [-0.05, 0) is 38.2 Å². The standard InChI is InChI=1S/C11H13FN4/c1-8(13-2)11-7-14-15-16(11)10-5-3-9(12)4-6-10/h3-8,13H,1-2H3. The molecule has 0 saturated carbocycles. The summed E-state index contributed by atoms with van der Waals surface area (Å²) >= 11 is 0. The minimum absolute atomic E-state index is 0.139. The second kappa shape index (κ2) is 4.40. The predicted octanol–water partition coefficient (Wildman–Crippen LogP) is 1.69. The minimum atomic E-state index is -0.257. The van der Waals surface area contributed by atoms with E-state index in [0.717, 1.165) is 11.4 Å². The van der Waals surface area contributed by atoms with Crippen molar-refractivity contribution < 1.29 is 4.39 Å². The van der Waals surface area contributed by atoms with Crippen LogP contribution in [0.5, 0.6) is 0 Å². The first kappa shape index (κ1) is 10.8. The van der Waals surface area contributed by atoms with E-state index < -0.39 is 0 Å². The fraction of sp³-hybridized carbons (Fsp3) is 0.273. The highest BCUT2D eigenvalue weighted by Crippen LogP contribution is 2.15. The van der Waals surface area contributed by atoms with E-state index in [0.29, 0.717) is 0 Å². The summed E-state index contributed by atoms with van der Waals surface area (Å²) in [7, 11) is 1.87. The van der Waals surface area contributed by atoms with Gasteiger partial charge >= 0.3 is 0 Å². The van der Waals surface area contributed by atoms with E-state index in [9.17, 15) is 4.39 Å². The predicted molar refractivity (Wildman–Crippen MR) is 58.8 cm³/mol. The second-order valence-electron chi connectivity index (χ2n) is 3.56. The zero-order valence-electron chi connectivity index (χ0n) is 9.18. The number of benzene rings is 1. The molecule has 0 aliphatic rings. The molecule has 2 rings (SSSR count). The van der Waals surface area contributed by atoms with Crippen molar-refractivity contribution in [2.24, 2.45) is 0 Å². The van der Waals surface area contributed by atoms with Crippen LogP contribution in [-0.2, 0) is 0 Å². The molecule has 0 spiro atoms. The molecule has 0 aliphatic carbocycles. The molecule has 0 aliphatic heterocycles. The summed E-state index contributed by atoms with van der Waals surface area (Å²) < 4.78 is 14.5. The topological polar surface area (TPSA) is 42.7 Å². The van der Waals surface area contributed by atoms with E-state index in [2.05, 4.69) is 15.6 Å². The van der Waals surface area contributed by atoms with Gasteiger partial charge < -0.3 is 5.32 Å². The van der Waals surface area contributed by atoms with Crippen LogP contribution < -0.4 is 5.32 Å². The van der Waals surface area contributed by atoms with Gasteiger partial charge in [-0.25, -0.2) is 9.07 Å². The van der Waals surface area contributed by atoms with Crippen LogP contribution >= 0.6 is 0 Å².